The summed E-state index contributed by atoms with van der Waals surface area (Å²) in [4.78, 5) is 26.3. The molecule has 7 heteroatoms. The standard InChI is InChI=1S/C16H17ClN4O2/c1-20-9-12(8-18-20)19-16(23)13-7-14(22)21(2)15(13)10-4-3-5-11(17)6-10/h3-6,8-9,13,15H,7H2,1-2H3,(H,19,23). The molecule has 1 fully saturated rings. The van der Waals surface area contributed by atoms with Gasteiger partial charge in [0.05, 0.1) is 23.8 Å². The molecule has 1 N–H and O–H groups in total. The fourth-order valence-corrected chi connectivity index (χ4v) is 3.17. The van der Waals surface area contributed by atoms with Crippen molar-refractivity contribution in [1.29, 1.82) is 0 Å². The largest absolute Gasteiger partial charge is 0.338 e. The minimum atomic E-state index is -0.467. The maximum Gasteiger partial charge on any atom is 0.230 e. The van der Waals surface area contributed by atoms with Gasteiger partial charge in [0, 0.05) is 31.7 Å². The summed E-state index contributed by atoms with van der Waals surface area (Å²) in [6.07, 6.45) is 3.47. The number of aromatic nitrogens is 2. The van der Waals surface area contributed by atoms with E-state index in [1.54, 1.807) is 48.2 Å². The Balaban J connectivity index is 1.86. The lowest BCUT2D eigenvalue weighted by molar-refractivity contribution is -0.127. The second kappa shape index (κ2) is 6.04. The lowest BCUT2D eigenvalue weighted by Gasteiger charge is -2.25. The molecule has 2 aromatic rings. The number of benzene rings is 1. The van der Waals surface area contributed by atoms with Crippen LogP contribution in [0.25, 0.3) is 0 Å². The first-order chi connectivity index (χ1) is 11.0. The van der Waals surface area contributed by atoms with Gasteiger partial charge in [0.25, 0.3) is 0 Å². The van der Waals surface area contributed by atoms with Crippen LogP contribution in [0.4, 0.5) is 5.69 Å². The molecular formula is C16H17ClN4O2. The molecule has 2 heterocycles. The smallest absolute Gasteiger partial charge is 0.230 e. The molecule has 0 radical (unpaired) electrons. The molecule has 1 saturated heterocycles. The Hall–Kier alpha value is -2.34. The van der Waals surface area contributed by atoms with Gasteiger partial charge >= 0.3 is 0 Å². The van der Waals surface area contributed by atoms with Crippen LogP contribution >= 0.6 is 11.6 Å². The summed E-state index contributed by atoms with van der Waals surface area (Å²) in [6, 6.07) is 6.95. The molecule has 0 bridgehead atoms. The molecule has 1 aromatic heterocycles. The number of carbonyl (C=O) groups is 2. The number of halogens is 1. The van der Waals surface area contributed by atoms with Crippen molar-refractivity contribution in [2.45, 2.75) is 12.5 Å². The first kappa shape index (κ1) is 15.6. The van der Waals surface area contributed by atoms with Crippen molar-refractivity contribution in [2.75, 3.05) is 12.4 Å². The van der Waals surface area contributed by atoms with Gasteiger partial charge in [-0.3, -0.25) is 14.3 Å². The molecule has 0 saturated carbocycles. The number of likely N-dealkylation sites (tertiary alicyclic amines) is 1. The normalized spacial score (nSPS) is 20.8. The Morgan fingerprint density at radius 1 is 1.39 bits per heavy atom. The van der Waals surface area contributed by atoms with Crippen molar-refractivity contribution in [2.24, 2.45) is 13.0 Å². The van der Waals surface area contributed by atoms with Crippen molar-refractivity contribution in [3.8, 4) is 0 Å². The zero-order chi connectivity index (χ0) is 16.6. The molecule has 23 heavy (non-hydrogen) atoms. The van der Waals surface area contributed by atoms with E-state index in [-0.39, 0.29) is 24.3 Å². The van der Waals surface area contributed by atoms with E-state index in [2.05, 4.69) is 10.4 Å². The fraction of sp³-hybridized carbons (Fsp3) is 0.312. The van der Waals surface area contributed by atoms with Crippen LogP contribution in [0.15, 0.2) is 36.7 Å². The molecule has 1 aliphatic rings. The summed E-state index contributed by atoms with van der Waals surface area (Å²) in [5, 5.41) is 7.43. The highest BCUT2D eigenvalue weighted by atomic mass is 35.5. The predicted molar refractivity (Wildman–Crippen MR) is 86.9 cm³/mol. The average molecular weight is 333 g/mol. The maximum atomic E-state index is 12.6. The van der Waals surface area contributed by atoms with Crippen LogP contribution in [0.1, 0.15) is 18.0 Å². The van der Waals surface area contributed by atoms with E-state index in [4.69, 9.17) is 11.6 Å². The van der Waals surface area contributed by atoms with E-state index in [1.165, 1.54) is 0 Å². The number of aryl methyl sites for hydroxylation is 1. The van der Waals surface area contributed by atoms with Crippen molar-refractivity contribution in [3.63, 3.8) is 0 Å². The number of amides is 2. The van der Waals surface area contributed by atoms with E-state index >= 15 is 0 Å². The van der Waals surface area contributed by atoms with Crippen molar-refractivity contribution in [1.82, 2.24) is 14.7 Å². The van der Waals surface area contributed by atoms with Crippen LogP contribution in [-0.2, 0) is 16.6 Å². The Kier molecular flexibility index (Phi) is 4.09. The lowest BCUT2D eigenvalue weighted by Crippen LogP contribution is -2.29. The van der Waals surface area contributed by atoms with Crippen molar-refractivity contribution in [3.05, 3.63) is 47.2 Å². The van der Waals surface area contributed by atoms with Gasteiger partial charge in [-0.1, -0.05) is 23.7 Å². The van der Waals surface area contributed by atoms with Crippen LogP contribution in [0, 0.1) is 5.92 Å². The molecule has 0 aliphatic carbocycles. The highest BCUT2D eigenvalue weighted by molar-refractivity contribution is 6.30. The zero-order valence-corrected chi connectivity index (χ0v) is 13.6. The first-order valence-corrected chi connectivity index (χ1v) is 7.64. The molecule has 2 atom stereocenters. The van der Waals surface area contributed by atoms with Gasteiger partial charge in [0.15, 0.2) is 0 Å². The molecule has 3 rings (SSSR count). The number of rotatable bonds is 3. The number of hydrogen-bond donors (Lipinski definition) is 1. The second-order valence-electron chi connectivity index (χ2n) is 5.71. The van der Waals surface area contributed by atoms with Gasteiger partial charge in [-0.25, -0.2) is 0 Å². The quantitative estimate of drug-likeness (QED) is 0.937. The van der Waals surface area contributed by atoms with Crippen LogP contribution in [0.5, 0.6) is 0 Å². The van der Waals surface area contributed by atoms with Crippen LogP contribution < -0.4 is 5.32 Å². The van der Waals surface area contributed by atoms with Gasteiger partial charge < -0.3 is 10.2 Å². The van der Waals surface area contributed by atoms with Crippen molar-refractivity contribution < 1.29 is 9.59 Å². The average Bonchev–Trinajstić information content (AvgIpc) is 3.03. The Bertz CT molecular complexity index is 758. The van der Waals surface area contributed by atoms with E-state index in [9.17, 15) is 9.59 Å². The molecule has 120 valence electrons. The van der Waals surface area contributed by atoms with Gasteiger partial charge in [-0.05, 0) is 17.7 Å². The summed E-state index contributed by atoms with van der Waals surface area (Å²) in [5.74, 6) is -0.715. The van der Waals surface area contributed by atoms with Gasteiger partial charge in [0.2, 0.25) is 11.8 Å². The van der Waals surface area contributed by atoms with Crippen molar-refractivity contribution >= 4 is 29.1 Å². The highest BCUT2D eigenvalue weighted by Gasteiger charge is 2.42. The molecular weight excluding hydrogens is 316 g/mol. The van der Waals surface area contributed by atoms with Crippen LogP contribution in [0.3, 0.4) is 0 Å². The lowest BCUT2D eigenvalue weighted by atomic mass is 9.93. The van der Waals surface area contributed by atoms with Crippen LogP contribution in [-0.4, -0.2) is 33.5 Å². The fourth-order valence-electron chi connectivity index (χ4n) is 2.97. The number of hydrogen-bond acceptors (Lipinski definition) is 3. The van der Waals surface area contributed by atoms with Gasteiger partial charge in [0.1, 0.15) is 0 Å². The topological polar surface area (TPSA) is 67.2 Å². The Labute approximate surface area is 139 Å². The molecule has 6 nitrogen and oxygen atoms in total. The minimum Gasteiger partial charge on any atom is -0.338 e. The third-order valence-corrected chi connectivity index (χ3v) is 4.32. The van der Waals surface area contributed by atoms with E-state index < -0.39 is 5.92 Å². The van der Waals surface area contributed by atoms with E-state index in [1.807, 2.05) is 12.1 Å². The molecule has 1 aliphatic heterocycles. The van der Waals surface area contributed by atoms with Gasteiger partial charge in [-0.15, -0.1) is 0 Å². The highest BCUT2D eigenvalue weighted by Crippen LogP contribution is 2.38. The Morgan fingerprint density at radius 3 is 2.83 bits per heavy atom. The summed E-state index contributed by atoms with van der Waals surface area (Å²) < 4.78 is 1.61. The summed E-state index contributed by atoms with van der Waals surface area (Å²) in [7, 11) is 3.49. The number of anilines is 1. The van der Waals surface area contributed by atoms with E-state index in [0.29, 0.717) is 10.7 Å². The maximum absolute atomic E-state index is 12.6. The monoisotopic (exact) mass is 332 g/mol. The molecule has 1 aromatic carbocycles. The first-order valence-electron chi connectivity index (χ1n) is 7.26. The predicted octanol–water partition coefficient (Wildman–Crippen LogP) is 2.23. The third kappa shape index (κ3) is 3.07. The number of nitrogens with zero attached hydrogens (tertiary/aromatic N) is 3. The molecule has 2 amide bonds. The summed E-state index contributed by atoms with van der Waals surface area (Å²) in [6.45, 7) is 0. The summed E-state index contributed by atoms with van der Waals surface area (Å²) in [5.41, 5.74) is 1.47. The van der Waals surface area contributed by atoms with Gasteiger partial charge in [-0.2, -0.15) is 5.10 Å². The zero-order valence-electron chi connectivity index (χ0n) is 12.9. The second-order valence-corrected chi connectivity index (χ2v) is 6.14. The third-order valence-electron chi connectivity index (χ3n) is 4.09. The summed E-state index contributed by atoms with van der Waals surface area (Å²) >= 11 is 6.05. The molecule has 0 spiro atoms. The Morgan fingerprint density at radius 2 is 2.17 bits per heavy atom. The number of nitrogens with one attached hydrogen (secondary N) is 1. The SMILES string of the molecule is CN1C(=O)CC(C(=O)Nc2cnn(C)c2)C1c1cccc(Cl)c1. The number of carbonyl (C=O) groups excluding carboxylic acids is 2. The van der Waals surface area contributed by atoms with Crippen LogP contribution in [0.2, 0.25) is 5.02 Å². The molecule has 2 unspecified atom stereocenters. The minimum absolute atomic E-state index is 0.0543. The van der Waals surface area contributed by atoms with E-state index in [0.717, 1.165) is 5.56 Å².